The third-order valence-electron chi connectivity index (χ3n) is 3.68. The molecule has 0 bridgehead atoms. The van der Waals surface area contributed by atoms with Crippen molar-refractivity contribution in [2.24, 2.45) is 5.41 Å². The van der Waals surface area contributed by atoms with Crippen molar-refractivity contribution < 1.29 is 9.90 Å². The molecule has 102 valence electrons. The van der Waals surface area contributed by atoms with Crippen LogP contribution in [0, 0.1) is 5.41 Å². The van der Waals surface area contributed by atoms with Crippen molar-refractivity contribution in [1.29, 1.82) is 0 Å². The molecule has 0 saturated carbocycles. The van der Waals surface area contributed by atoms with Crippen LogP contribution in [0.5, 0.6) is 0 Å². The minimum Gasteiger partial charge on any atom is -0.396 e. The van der Waals surface area contributed by atoms with Crippen molar-refractivity contribution in [1.82, 2.24) is 10.2 Å². The Hall–Kier alpha value is -1.29. The molecular weight excluding hydrogens is 228 g/mol. The fourth-order valence-corrected chi connectivity index (χ4v) is 2.47. The van der Waals surface area contributed by atoms with Gasteiger partial charge in [0.25, 0.3) is 5.91 Å². The summed E-state index contributed by atoms with van der Waals surface area (Å²) in [6.45, 7) is 12.4. The smallest absolute Gasteiger partial charge is 0.250 e. The van der Waals surface area contributed by atoms with Gasteiger partial charge in [-0.15, -0.1) is 0 Å². The van der Waals surface area contributed by atoms with Gasteiger partial charge in [0.15, 0.2) is 0 Å². The van der Waals surface area contributed by atoms with Gasteiger partial charge in [-0.1, -0.05) is 20.4 Å². The Kier molecular flexibility index (Phi) is 4.22. The van der Waals surface area contributed by atoms with Gasteiger partial charge in [-0.25, -0.2) is 0 Å². The molecule has 1 atom stereocenters. The van der Waals surface area contributed by atoms with Crippen LogP contribution in [0.1, 0.15) is 40.5 Å². The Morgan fingerprint density at radius 2 is 2.06 bits per heavy atom. The molecular formula is C14H24N2O2. The quantitative estimate of drug-likeness (QED) is 0.786. The van der Waals surface area contributed by atoms with Crippen LogP contribution in [0.25, 0.3) is 0 Å². The molecule has 0 fully saturated rings. The van der Waals surface area contributed by atoms with Crippen molar-refractivity contribution in [3.05, 3.63) is 24.7 Å². The van der Waals surface area contributed by atoms with Crippen molar-refractivity contribution in [3.8, 4) is 0 Å². The van der Waals surface area contributed by atoms with Crippen LogP contribution in [-0.2, 0) is 4.79 Å². The molecule has 0 radical (unpaired) electrons. The predicted molar refractivity (Wildman–Crippen MR) is 72.4 cm³/mol. The molecule has 2 N–H and O–H groups in total. The summed E-state index contributed by atoms with van der Waals surface area (Å²) in [5.74, 6) is 0.441. The summed E-state index contributed by atoms with van der Waals surface area (Å²) < 4.78 is 0. The minimum absolute atomic E-state index is 0.126. The molecule has 0 aromatic heterocycles. The van der Waals surface area contributed by atoms with Crippen LogP contribution in [0.3, 0.4) is 0 Å². The van der Waals surface area contributed by atoms with Crippen LogP contribution >= 0.6 is 0 Å². The third kappa shape index (κ3) is 3.13. The molecule has 4 heteroatoms. The lowest BCUT2D eigenvalue weighted by Gasteiger charge is -2.44. The second-order valence-corrected chi connectivity index (χ2v) is 5.93. The van der Waals surface area contributed by atoms with E-state index in [2.05, 4.69) is 39.6 Å². The third-order valence-corrected chi connectivity index (χ3v) is 3.68. The van der Waals surface area contributed by atoms with Crippen LogP contribution in [-0.4, -0.2) is 28.1 Å². The normalized spacial score (nSPS) is 19.7. The number of hydrogen-bond donors (Lipinski definition) is 2. The molecule has 0 spiro atoms. The van der Waals surface area contributed by atoms with Crippen LogP contribution in [0.15, 0.2) is 24.7 Å². The molecule has 1 heterocycles. The van der Waals surface area contributed by atoms with E-state index >= 15 is 0 Å². The van der Waals surface area contributed by atoms with Crippen LogP contribution in [0.2, 0.25) is 0 Å². The van der Waals surface area contributed by atoms with Crippen LogP contribution < -0.4 is 5.32 Å². The van der Waals surface area contributed by atoms with E-state index in [1.165, 1.54) is 6.08 Å². The molecule has 1 unspecified atom stereocenters. The number of nitrogens with zero attached hydrogens (tertiary/aromatic N) is 1. The summed E-state index contributed by atoms with van der Waals surface area (Å²) >= 11 is 0. The summed E-state index contributed by atoms with van der Waals surface area (Å²) in [7, 11) is 0. The fourth-order valence-electron chi connectivity index (χ4n) is 2.47. The maximum atomic E-state index is 11.2. The van der Waals surface area contributed by atoms with E-state index in [-0.39, 0.29) is 23.5 Å². The van der Waals surface area contributed by atoms with Crippen molar-refractivity contribution in [2.75, 3.05) is 6.61 Å². The van der Waals surface area contributed by atoms with E-state index in [1.807, 2.05) is 4.90 Å². The first kappa shape index (κ1) is 14.8. The molecule has 18 heavy (non-hydrogen) atoms. The first-order valence-electron chi connectivity index (χ1n) is 6.32. The number of carbonyl (C=O) groups is 1. The Morgan fingerprint density at radius 3 is 2.50 bits per heavy atom. The number of aliphatic hydroxyl groups is 1. The molecule has 0 aromatic rings. The highest BCUT2D eigenvalue weighted by Crippen LogP contribution is 2.36. The summed E-state index contributed by atoms with van der Waals surface area (Å²) in [4.78, 5) is 13.2. The standard InChI is InChI=1S/C14H24N2O2/c1-6-14(5,10-17)9-13(3,4)16-8-7-12(18)15-11(16)2/h7-8,17H,2,6,9-10H2,1,3-5H3,(H,15,18). The van der Waals surface area contributed by atoms with Gasteiger partial charge in [-0.05, 0) is 32.1 Å². The van der Waals surface area contributed by atoms with Gasteiger partial charge in [-0.3, -0.25) is 4.79 Å². The number of nitrogens with one attached hydrogen (secondary N) is 1. The number of amides is 1. The summed E-state index contributed by atoms with van der Waals surface area (Å²) in [6.07, 6.45) is 4.98. The lowest BCUT2D eigenvalue weighted by molar-refractivity contribution is -0.117. The van der Waals surface area contributed by atoms with Gasteiger partial charge in [0.05, 0.1) is 0 Å². The Bertz CT molecular complexity index is 368. The Labute approximate surface area is 109 Å². The molecule has 4 nitrogen and oxygen atoms in total. The molecule has 0 saturated heterocycles. The number of hydrogen-bond acceptors (Lipinski definition) is 3. The van der Waals surface area contributed by atoms with E-state index in [1.54, 1.807) is 6.20 Å². The lowest BCUT2D eigenvalue weighted by atomic mass is 9.76. The Morgan fingerprint density at radius 1 is 1.44 bits per heavy atom. The summed E-state index contributed by atoms with van der Waals surface area (Å²) in [6, 6.07) is 0. The highest BCUT2D eigenvalue weighted by Gasteiger charge is 2.36. The average Bonchev–Trinajstić information content (AvgIpc) is 2.27. The topological polar surface area (TPSA) is 52.6 Å². The monoisotopic (exact) mass is 252 g/mol. The number of rotatable bonds is 5. The SMILES string of the molecule is C=C1NC(=O)C=CN1C(C)(C)CC(C)(CC)CO. The van der Waals surface area contributed by atoms with Gasteiger partial charge >= 0.3 is 0 Å². The zero-order chi connectivity index (χ0) is 14.0. The van der Waals surface area contributed by atoms with Gasteiger partial charge < -0.3 is 15.3 Å². The molecule has 0 aliphatic carbocycles. The highest BCUT2D eigenvalue weighted by atomic mass is 16.3. The number of carbonyl (C=O) groups excluding carboxylic acids is 1. The van der Waals surface area contributed by atoms with E-state index in [0.717, 1.165) is 12.8 Å². The second kappa shape index (κ2) is 5.14. The fraction of sp³-hybridized carbons (Fsp3) is 0.643. The van der Waals surface area contributed by atoms with Crippen molar-refractivity contribution >= 4 is 5.91 Å². The predicted octanol–water partition coefficient (Wildman–Crippen LogP) is 1.98. The Balaban J connectivity index is 2.89. The summed E-state index contributed by atoms with van der Waals surface area (Å²) in [5.41, 5.74) is -0.339. The van der Waals surface area contributed by atoms with Gasteiger partial charge in [0.1, 0.15) is 5.82 Å². The molecule has 1 aliphatic heterocycles. The molecule has 1 amide bonds. The molecule has 1 aliphatic rings. The zero-order valence-electron chi connectivity index (χ0n) is 11.8. The zero-order valence-corrected chi connectivity index (χ0v) is 11.8. The van der Waals surface area contributed by atoms with Crippen molar-refractivity contribution in [3.63, 3.8) is 0 Å². The maximum Gasteiger partial charge on any atom is 0.250 e. The highest BCUT2D eigenvalue weighted by molar-refractivity contribution is 5.89. The average molecular weight is 252 g/mol. The van der Waals surface area contributed by atoms with Gasteiger partial charge in [0.2, 0.25) is 0 Å². The molecule has 0 aromatic carbocycles. The van der Waals surface area contributed by atoms with Gasteiger partial charge in [-0.2, -0.15) is 0 Å². The van der Waals surface area contributed by atoms with E-state index in [0.29, 0.717) is 5.82 Å². The minimum atomic E-state index is -0.214. The first-order valence-corrected chi connectivity index (χ1v) is 6.32. The van der Waals surface area contributed by atoms with E-state index < -0.39 is 0 Å². The second-order valence-electron chi connectivity index (χ2n) is 5.93. The van der Waals surface area contributed by atoms with E-state index in [9.17, 15) is 9.90 Å². The van der Waals surface area contributed by atoms with Crippen molar-refractivity contribution in [2.45, 2.75) is 46.1 Å². The summed E-state index contributed by atoms with van der Waals surface area (Å²) in [5, 5.41) is 12.2. The van der Waals surface area contributed by atoms with E-state index in [4.69, 9.17) is 0 Å². The van der Waals surface area contributed by atoms with Crippen LogP contribution in [0.4, 0.5) is 0 Å². The van der Waals surface area contributed by atoms with Gasteiger partial charge in [0, 0.05) is 24.4 Å². The molecule has 1 rings (SSSR count). The maximum absolute atomic E-state index is 11.2. The number of aliphatic hydroxyl groups excluding tert-OH is 1. The first-order chi connectivity index (χ1) is 8.24. The lowest BCUT2D eigenvalue weighted by Crippen LogP contribution is -2.49. The largest absolute Gasteiger partial charge is 0.396 e.